The standard InChI is InChI=1S/C24H27BrO8/c1-6-8-11(26)13-19(29)15(18(28)10(3)22(13)32-5)16-21(31)17(25)20(30)14-12(27)9-24(4,7-2)33-23(14)16/h28-31H,6-9H2,1-5H3. The number of ether oxygens (including phenoxy) is 2. The number of phenols is 4. The van der Waals surface area contributed by atoms with E-state index >= 15 is 0 Å². The van der Waals surface area contributed by atoms with Gasteiger partial charge in [-0.15, -0.1) is 0 Å². The number of hydrogen-bond donors (Lipinski definition) is 4. The molecule has 3 rings (SSSR count). The maximum absolute atomic E-state index is 13.0. The Morgan fingerprint density at radius 3 is 2.21 bits per heavy atom. The first-order valence-electron chi connectivity index (χ1n) is 10.6. The Hall–Kier alpha value is -2.94. The second kappa shape index (κ2) is 8.78. The van der Waals surface area contributed by atoms with Crippen LogP contribution in [0.5, 0.6) is 34.5 Å². The van der Waals surface area contributed by atoms with E-state index in [0.717, 1.165) is 0 Å². The Kier molecular flexibility index (Phi) is 6.57. The molecule has 1 atom stereocenters. The summed E-state index contributed by atoms with van der Waals surface area (Å²) in [6, 6.07) is 0. The predicted molar refractivity (Wildman–Crippen MR) is 125 cm³/mol. The Morgan fingerprint density at radius 2 is 1.67 bits per heavy atom. The Balaban J connectivity index is 2.51. The van der Waals surface area contributed by atoms with Crippen LogP contribution in [0.1, 0.15) is 72.7 Å². The number of Topliss-reactive ketones (excluding diaryl/α,β-unsaturated/α-hetero) is 2. The van der Waals surface area contributed by atoms with Crippen molar-refractivity contribution in [3.8, 4) is 45.6 Å². The van der Waals surface area contributed by atoms with E-state index in [-0.39, 0.29) is 56.6 Å². The quantitative estimate of drug-likeness (QED) is 0.372. The van der Waals surface area contributed by atoms with Crippen molar-refractivity contribution in [3.63, 3.8) is 0 Å². The number of halogens is 1. The number of benzene rings is 2. The van der Waals surface area contributed by atoms with Crippen LogP contribution in [0.25, 0.3) is 11.1 Å². The van der Waals surface area contributed by atoms with Crippen molar-refractivity contribution in [3.05, 3.63) is 21.2 Å². The minimum absolute atomic E-state index is 0.00814. The lowest BCUT2D eigenvalue weighted by Crippen LogP contribution is -2.38. The molecular weight excluding hydrogens is 496 g/mol. The first-order valence-corrected chi connectivity index (χ1v) is 11.4. The Bertz CT molecular complexity index is 1170. The van der Waals surface area contributed by atoms with Gasteiger partial charge in [0.1, 0.15) is 55.7 Å². The number of methoxy groups -OCH3 is 1. The third kappa shape index (κ3) is 3.78. The molecule has 33 heavy (non-hydrogen) atoms. The third-order valence-electron chi connectivity index (χ3n) is 6.10. The summed E-state index contributed by atoms with van der Waals surface area (Å²) in [7, 11) is 1.31. The zero-order valence-corrected chi connectivity index (χ0v) is 20.7. The van der Waals surface area contributed by atoms with E-state index in [1.807, 2.05) is 6.92 Å². The van der Waals surface area contributed by atoms with Crippen molar-refractivity contribution in [2.24, 2.45) is 0 Å². The number of rotatable bonds is 6. The molecular formula is C24H27BrO8. The van der Waals surface area contributed by atoms with Gasteiger partial charge in [-0.3, -0.25) is 9.59 Å². The summed E-state index contributed by atoms with van der Waals surface area (Å²) in [5, 5.41) is 43.8. The minimum Gasteiger partial charge on any atom is -0.507 e. The average Bonchev–Trinajstić information content (AvgIpc) is 2.76. The van der Waals surface area contributed by atoms with E-state index in [0.29, 0.717) is 12.8 Å². The molecule has 0 spiro atoms. The van der Waals surface area contributed by atoms with Gasteiger partial charge in [-0.05, 0) is 42.6 Å². The molecule has 0 aliphatic carbocycles. The Labute approximate surface area is 199 Å². The zero-order chi connectivity index (χ0) is 24.8. The van der Waals surface area contributed by atoms with Crippen LogP contribution in [0, 0.1) is 6.92 Å². The minimum atomic E-state index is -0.945. The van der Waals surface area contributed by atoms with Gasteiger partial charge in [-0.25, -0.2) is 0 Å². The lowest BCUT2D eigenvalue weighted by atomic mass is 9.85. The maximum Gasteiger partial charge on any atom is 0.174 e. The highest BCUT2D eigenvalue weighted by Gasteiger charge is 2.42. The highest BCUT2D eigenvalue weighted by atomic mass is 79.9. The molecule has 0 amide bonds. The van der Waals surface area contributed by atoms with Crippen molar-refractivity contribution in [2.75, 3.05) is 7.11 Å². The predicted octanol–water partition coefficient (Wildman–Crippen LogP) is 5.37. The topological polar surface area (TPSA) is 134 Å². The number of hydrogen-bond acceptors (Lipinski definition) is 8. The highest BCUT2D eigenvalue weighted by molar-refractivity contribution is 9.10. The van der Waals surface area contributed by atoms with E-state index in [1.165, 1.54) is 14.0 Å². The molecule has 0 saturated carbocycles. The second-order valence-corrected chi connectivity index (χ2v) is 9.17. The first kappa shape index (κ1) is 24.7. The summed E-state index contributed by atoms with van der Waals surface area (Å²) < 4.78 is 11.2. The lowest BCUT2D eigenvalue weighted by Gasteiger charge is -2.36. The third-order valence-corrected chi connectivity index (χ3v) is 6.85. The monoisotopic (exact) mass is 522 g/mol. The van der Waals surface area contributed by atoms with Gasteiger partial charge in [0.2, 0.25) is 0 Å². The molecule has 4 N–H and O–H groups in total. The molecule has 8 nitrogen and oxygen atoms in total. The van der Waals surface area contributed by atoms with E-state index in [1.54, 1.807) is 13.8 Å². The molecule has 0 fully saturated rings. The van der Waals surface area contributed by atoms with E-state index < -0.39 is 40.2 Å². The van der Waals surface area contributed by atoms with Crippen LogP contribution in [0.2, 0.25) is 0 Å². The molecule has 178 valence electrons. The van der Waals surface area contributed by atoms with Gasteiger partial charge in [-0.2, -0.15) is 0 Å². The van der Waals surface area contributed by atoms with Gasteiger partial charge >= 0.3 is 0 Å². The number of carbonyl (C=O) groups is 2. The second-order valence-electron chi connectivity index (χ2n) is 8.37. The maximum atomic E-state index is 13.0. The van der Waals surface area contributed by atoms with E-state index in [4.69, 9.17) is 9.47 Å². The number of carbonyl (C=O) groups excluding carboxylic acids is 2. The average molecular weight is 523 g/mol. The number of phenolic OH excluding ortho intramolecular Hbond substituents is 4. The van der Waals surface area contributed by atoms with Crippen LogP contribution in [0.4, 0.5) is 0 Å². The van der Waals surface area contributed by atoms with Crippen molar-refractivity contribution in [1.82, 2.24) is 0 Å². The summed E-state index contributed by atoms with van der Waals surface area (Å²) in [6.45, 7) is 6.84. The fourth-order valence-corrected chi connectivity index (χ4v) is 4.50. The van der Waals surface area contributed by atoms with Crippen LogP contribution in [-0.4, -0.2) is 44.7 Å². The molecule has 2 aromatic rings. The fraction of sp³-hybridized carbons (Fsp3) is 0.417. The normalized spacial score (nSPS) is 17.5. The Morgan fingerprint density at radius 1 is 1.06 bits per heavy atom. The molecule has 0 bridgehead atoms. The van der Waals surface area contributed by atoms with Crippen molar-refractivity contribution in [2.45, 2.75) is 59.0 Å². The molecule has 1 heterocycles. The molecule has 0 aromatic heterocycles. The summed E-state index contributed by atoms with van der Waals surface area (Å²) in [5.74, 6) is -3.18. The summed E-state index contributed by atoms with van der Waals surface area (Å²) in [6.07, 6.45) is 1.05. The van der Waals surface area contributed by atoms with Gasteiger partial charge in [0.05, 0.1) is 24.7 Å². The van der Waals surface area contributed by atoms with Crippen LogP contribution >= 0.6 is 15.9 Å². The van der Waals surface area contributed by atoms with Crippen LogP contribution < -0.4 is 9.47 Å². The number of aromatic hydroxyl groups is 4. The number of ketones is 2. The summed E-state index contributed by atoms with van der Waals surface area (Å²) in [5.41, 5.74) is -1.64. The largest absolute Gasteiger partial charge is 0.507 e. The molecule has 1 aliphatic rings. The van der Waals surface area contributed by atoms with Crippen molar-refractivity contribution < 1.29 is 39.5 Å². The van der Waals surface area contributed by atoms with Crippen LogP contribution in [0.15, 0.2) is 4.47 Å². The molecule has 1 unspecified atom stereocenters. The molecule has 0 radical (unpaired) electrons. The SMILES string of the molecule is CCCC(=O)c1c(O)c(-c2c(O)c(Br)c(O)c3c2OC(C)(CC)CC3=O)c(O)c(C)c1OC. The zero-order valence-electron chi connectivity index (χ0n) is 19.1. The fourth-order valence-electron chi connectivity index (χ4n) is 4.10. The summed E-state index contributed by atoms with van der Waals surface area (Å²) >= 11 is 3.08. The van der Waals surface area contributed by atoms with Gasteiger partial charge in [0, 0.05) is 12.0 Å². The van der Waals surface area contributed by atoms with Crippen LogP contribution in [-0.2, 0) is 0 Å². The van der Waals surface area contributed by atoms with Crippen LogP contribution in [0.3, 0.4) is 0 Å². The molecule has 0 saturated heterocycles. The van der Waals surface area contributed by atoms with Gasteiger partial charge in [0.25, 0.3) is 0 Å². The lowest BCUT2D eigenvalue weighted by molar-refractivity contribution is 0.0495. The molecule has 2 aromatic carbocycles. The molecule has 1 aliphatic heterocycles. The van der Waals surface area contributed by atoms with E-state index in [2.05, 4.69) is 15.9 Å². The molecule has 9 heteroatoms. The smallest absolute Gasteiger partial charge is 0.174 e. The first-order chi connectivity index (χ1) is 15.4. The highest BCUT2D eigenvalue weighted by Crippen LogP contribution is 2.59. The van der Waals surface area contributed by atoms with Crippen molar-refractivity contribution in [1.29, 1.82) is 0 Å². The van der Waals surface area contributed by atoms with Gasteiger partial charge in [0.15, 0.2) is 11.6 Å². The van der Waals surface area contributed by atoms with Crippen molar-refractivity contribution >= 4 is 27.5 Å². The van der Waals surface area contributed by atoms with Gasteiger partial charge in [-0.1, -0.05) is 13.8 Å². The van der Waals surface area contributed by atoms with Gasteiger partial charge < -0.3 is 29.9 Å². The number of fused-ring (bicyclic) bond motifs is 1. The van der Waals surface area contributed by atoms with E-state index in [9.17, 15) is 30.0 Å². The summed E-state index contributed by atoms with van der Waals surface area (Å²) in [4.78, 5) is 25.9.